The second-order valence-electron chi connectivity index (χ2n) is 10.1. The van der Waals surface area contributed by atoms with Gasteiger partial charge < -0.3 is 0 Å². The number of hydrogen-bond acceptors (Lipinski definition) is 0. The van der Waals surface area contributed by atoms with Gasteiger partial charge in [-0.3, -0.25) is 0 Å². The van der Waals surface area contributed by atoms with E-state index in [9.17, 15) is 0 Å². The molecule has 0 bridgehead atoms. The average molecular weight is 507 g/mol. The van der Waals surface area contributed by atoms with Crippen molar-refractivity contribution in [1.82, 2.24) is 0 Å². The van der Waals surface area contributed by atoms with E-state index in [0.29, 0.717) is 0 Å². The van der Waals surface area contributed by atoms with Crippen LogP contribution in [0.2, 0.25) is 5.02 Å². The molecule has 7 rings (SSSR count). The fraction of sp³-hybridized carbons (Fsp3) is 0.0811. The molecule has 0 spiro atoms. The third kappa shape index (κ3) is 3.85. The van der Waals surface area contributed by atoms with Gasteiger partial charge in [0.1, 0.15) is 0 Å². The Hall–Kier alpha value is -4.13. The van der Waals surface area contributed by atoms with Crippen molar-refractivity contribution in [3.05, 3.63) is 155 Å². The summed E-state index contributed by atoms with van der Waals surface area (Å²) in [5.74, 6) is 0.265. The van der Waals surface area contributed by atoms with Crippen molar-refractivity contribution >= 4 is 11.6 Å². The largest absolute Gasteiger partial charge is 0.0843 e. The number of allylic oxidation sites excluding steroid dienone is 4. The lowest BCUT2D eigenvalue weighted by Crippen LogP contribution is -2.07. The van der Waals surface area contributed by atoms with Crippen LogP contribution in [0.4, 0.5) is 0 Å². The molecule has 0 aromatic heterocycles. The maximum Gasteiger partial charge on any atom is 0.0412 e. The molecule has 2 aliphatic rings. The third-order valence-corrected chi connectivity index (χ3v) is 8.12. The van der Waals surface area contributed by atoms with Crippen LogP contribution >= 0.6 is 11.6 Å². The van der Waals surface area contributed by atoms with E-state index in [1.165, 1.54) is 61.2 Å². The molecule has 0 radical (unpaired) electrons. The van der Waals surface area contributed by atoms with E-state index in [2.05, 4.69) is 127 Å². The van der Waals surface area contributed by atoms with Crippen LogP contribution in [-0.4, -0.2) is 0 Å². The third-order valence-electron chi connectivity index (χ3n) is 7.89. The average Bonchev–Trinajstić information content (AvgIpc) is 3.36. The van der Waals surface area contributed by atoms with Crippen molar-refractivity contribution in [3.8, 4) is 44.5 Å². The predicted molar refractivity (Wildman–Crippen MR) is 162 cm³/mol. The lowest BCUT2D eigenvalue weighted by atomic mass is 9.74. The van der Waals surface area contributed by atoms with Crippen LogP contribution in [0.3, 0.4) is 0 Å². The number of fused-ring (bicyclic) bond motifs is 3. The SMILES string of the molecule is Clc1cccc(-c2c3c(c(-c4ccccc4)c(-c4ccccc4)c2C2C=CC=CC2)-c2ccccc2C3)c1. The minimum absolute atomic E-state index is 0.265. The van der Waals surface area contributed by atoms with E-state index in [4.69, 9.17) is 11.6 Å². The second kappa shape index (κ2) is 9.63. The topological polar surface area (TPSA) is 0 Å². The number of benzene rings is 5. The van der Waals surface area contributed by atoms with Gasteiger partial charge in [0.2, 0.25) is 0 Å². The highest BCUT2D eigenvalue weighted by Crippen LogP contribution is 2.55. The van der Waals surface area contributed by atoms with Gasteiger partial charge in [0.05, 0.1) is 0 Å². The van der Waals surface area contributed by atoms with E-state index in [1.54, 1.807) is 0 Å². The van der Waals surface area contributed by atoms with Crippen LogP contribution in [0.5, 0.6) is 0 Å². The summed E-state index contributed by atoms with van der Waals surface area (Å²) in [6, 6.07) is 39.3. The molecule has 0 saturated heterocycles. The molecule has 0 fully saturated rings. The Bertz CT molecular complexity index is 1710. The fourth-order valence-corrected chi connectivity index (χ4v) is 6.53. The minimum Gasteiger partial charge on any atom is -0.0843 e. The predicted octanol–water partition coefficient (Wildman–Crippen LogP) is 10.5. The zero-order chi connectivity index (χ0) is 25.5. The van der Waals surface area contributed by atoms with Gasteiger partial charge in [-0.1, -0.05) is 133 Å². The highest BCUT2D eigenvalue weighted by Gasteiger charge is 2.33. The lowest BCUT2D eigenvalue weighted by Gasteiger charge is -2.29. The zero-order valence-corrected chi connectivity index (χ0v) is 21.8. The first-order valence-corrected chi connectivity index (χ1v) is 13.7. The number of halogens is 1. The van der Waals surface area contributed by atoms with Crippen molar-refractivity contribution in [2.24, 2.45) is 0 Å². The van der Waals surface area contributed by atoms with Crippen molar-refractivity contribution in [3.63, 3.8) is 0 Å². The van der Waals surface area contributed by atoms with Crippen molar-refractivity contribution in [2.45, 2.75) is 18.8 Å². The molecule has 5 aromatic carbocycles. The minimum atomic E-state index is 0.265. The van der Waals surface area contributed by atoms with E-state index >= 15 is 0 Å². The Balaban J connectivity index is 1.71. The Morgan fingerprint density at radius 3 is 1.97 bits per heavy atom. The van der Waals surface area contributed by atoms with Crippen LogP contribution in [-0.2, 0) is 6.42 Å². The van der Waals surface area contributed by atoms with Gasteiger partial charge in [-0.25, -0.2) is 0 Å². The standard InChI is InChI=1S/C37H27Cl/c38-30-21-12-20-29(23-30)33-32-24-28-19-10-11-22-31(28)37(32)36(27-17-8-3-9-18-27)35(26-15-6-2-7-16-26)34(33)25-13-4-1-5-14-25/h1-13,15-23,25H,14,24H2. The zero-order valence-electron chi connectivity index (χ0n) is 21.1. The Morgan fingerprint density at radius 2 is 1.26 bits per heavy atom. The molecule has 38 heavy (non-hydrogen) atoms. The van der Waals surface area contributed by atoms with Gasteiger partial charge in [0.25, 0.3) is 0 Å². The van der Waals surface area contributed by atoms with Gasteiger partial charge in [0.15, 0.2) is 0 Å². The van der Waals surface area contributed by atoms with Gasteiger partial charge in [0, 0.05) is 10.9 Å². The molecule has 0 N–H and O–H groups in total. The van der Waals surface area contributed by atoms with Gasteiger partial charge >= 0.3 is 0 Å². The molecule has 1 heteroatoms. The molecule has 0 saturated carbocycles. The summed E-state index contributed by atoms with van der Waals surface area (Å²) < 4.78 is 0. The lowest BCUT2D eigenvalue weighted by molar-refractivity contribution is 0.856. The Morgan fingerprint density at radius 1 is 0.579 bits per heavy atom. The monoisotopic (exact) mass is 506 g/mol. The molecular weight excluding hydrogens is 480 g/mol. The molecule has 0 heterocycles. The van der Waals surface area contributed by atoms with Crippen molar-refractivity contribution in [1.29, 1.82) is 0 Å². The first-order valence-electron chi connectivity index (χ1n) is 13.3. The summed E-state index contributed by atoms with van der Waals surface area (Å²) >= 11 is 6.63. The Kier molecular flexibility index (Phi) is 5.84. The van der Waals surface area contributed by atoms with Crippen molar-refractivity contribution < 1.29 is 0 Å². The highest BCUT2D eigenvalue weighted by atomic mass is 35.5. The molecule has 0 amide bonds. The molecule has 1 unspecified atom stereocenters. The summed E-state index contributed by atoms with van der Waals surface area (Å²) in [5.41, 5.74) is 14.6. The maximum atomic E-state index is 6.63. The molecule has 182 valence electrons. The number of hydrogen-bond donors (Lipinski definition) is 0. The summed E-state index contributed by atoms with van der Waals surface area (Å²) in [5, 5.41) is 0.769. The fourth-order valence-electron chi connectivity index (χ4n) is 6.34. The van der Waals surface area contributed by atoms with Crippen LogP contribution in [0, 0.1) is 0 Å². The molecule has 1 atom stereocenters. The van der Waals surface area contributed by atoms with Gasteiger partial charge in [-0.2, -0.15) is 0 Å². The molecule has 5 aromatic rings. The van der Waals surface area contributed by atoms with E-state index in [1.807, 2.05) is 6.07 Å². The van der Waals surface area contributed by atoms with Crippen LogP contribution in [0.15, 0.2) is 133 Å². The first-order chi connectivity index (χ1) is 18.8. The van der Waals surface area contributed by atoms with E-state index in [-0.39, 0.29) is 5.92 Å². The molecular formula is C37H27Cl. The molecule has 0 aliphatic heterocycles. The van der Waals surface area contributed by atoms with Gasteiger partial charge in [-0.15, -0.1) is 0 Å². The summed E-state index contributed by atoms with van der Waals surface area (Å²) in [7, 11) is 0. The number of rotatable bonds is 4. The summed E-state index contributed by atoms with van der Waals surface area (Å²) in [6.07, 6.45) is 10.9. The van der Waals surface area contributed by atoms with Crippen LogP contribution in [0.25, 0.3) is 44.5 Å². The smallest absolute Gasteiger partial charge is 0.0412 e. The first kappa shape index (κ1) is 23.0. The Labute approximate surface area is 229 Å². The van der Waals surface area contributed by atoms with Gasteiger partial charge in [-0.05, 0) is 86.2 Å². The van der Waals surface area contributed by atoms with Crippen molar-refractivity contribution in [2.75, 3.05) is 0 Å². The van der Waals surface area contributed by atoms with E-state index < -0.39 is 0 Å². The van der Waals surface area contributed by atoms with E-state index in [0.717, 1.165) is 17.9 Å². The molecule has 2 aliphatic carbocycles. The molecule has 0 nitrogen and oxygen atoms in total. The second-order valence-corrected chi connectivity index (χ2v) is 10.6. The summed E-state index contributed by atoms with van der Waals surface area (Å²) in [6.45, 7) is 0. The van der Waals surface area contributed by atoms with Crippen LogP contribution < -0.4 is 0 Å². The van der Waals surface area contributed by atoms with Crippen LogP contribution in [0.1, 0.15) is 29.0 Å². The summed E-state index contributed by atoms with van der Waals surface area (Å²) in [4.78, 5) is 0. The quantitative estimate of drug-likeness (QED) is 0.223. The maximum absolute atomic E-state index is 6.63. The highest BCUT2D eigenvalue weighted by molar-refractivity contribution is 6.30. The normalized spacial score (nSPS) is 15.3.